The van der Waals surface area contributed by atoms with Crippen molar-refractivity contribution in [3.63, 3.8) is 0 Å². The van der Waals surface area contributed by atoms with Crippen LogP contribution in [0.3, 0.4) is 0 Å². The van der Waals surface area contributed by atoms with Gasteiger partial charge in [-0.25, -0.2) is 4.57 Å². The molecule has 0 aliphatic heterocycles. The van der Waals surface area contributed by atoms with Gasteiger partial charge in [-0.05, 0) is 42.5 Å². The van der Waals surface area contributed by atoms with Gasteiger partial charge in [0.05, 0.1) is 26.5 Å². The fraction of sp³-hybridized carbons (Fsp3) is 0.182. The van der Waals surface area contributed by atoms with Crippen LogP contribution in [-0.2, 0) is 7.05 Å². The quantitative estimate of drug-likeness (QED) is 0.281. The molecule has 1 N–H and O–H groups in total. The fourth-order valence-electron chi connectivity index (χ4n) is 2.83. The Balaban J connectivity index is 2.03. The molecule has 6 nitrogen and oxygen atoms in total. The number of methoxy groups -OCH3 is 1. The molecule has 2 aromatic carbocycles. The van der Waals surface area contributed by atoms with Gasteiger partial charge in [0.15, 0.2) is 10.7 Å². The molecule has 0 amide bonds. The normalized spacial score (nSPS) is 11.6. The first-order valence-electron chi connectivity index (χ1n) is 9.16. The molecule has 7 heteroatoms. The Hall–Kier alpha value is -3.32. The summed E-state index contributed by atoms with van der Waals surface area (Å²) < 4.78 is 14.4. The van der Waals surface area contributed by atoms with Crippen molar-refractivity contribution in [1.29, 1.82) is 0 Å². The second-order valence-corrected chi connectivity index (χ2v) is 6.68. The van der Waals surface area contributed by atoms with Gasteiger partial charge < -0.3 is 19.9 Å². The van der Waals surface area contributed by atoms with Gasteiger partial charge in [0.1, 0.15) is 23.9 Å². The zero-order valence-electron chi connectivity index (χ0n) is 16.6. The first-order chi connectivity index (χ1) is 14.0. The standard InChI is InChI=1S/C22H23N3O3S/c1-4-28-19-8-6-5-7-18(19)23-22(29)20(25-14-13-24(2)15-25)21(26)16-9-11-17(27-3)12-10-16/h5-15H,4H2,1-3H3,(H-,23,26,29). The molecule has 0 radical (unpaired) electrons. The van der Waals surface area contributed by atoms with E-state index in [1.165, 1.54) is 0 Å². The van der Waals surface area contributed by atoms with Gasteiger partial charge in [0.2, 0.25) is 6.33 Å². The van der Waals surface area contributed by atoms with Gasteiger partial charge in [0.25, 0.3) is 0 Å². The average Bonchev–Trinajstić information content (AvgIpc) is 3.15. The van der Waals surface area contributed by atoms with Crippen LogP contribution in [0.25, 0.3) is 11.5 Å². The van der Waals surface area contributed by atoms with Crippen LogP contribution < -0.4 is 24.5 Å². The van der Waals surface area contributed by atoms with Crippen LogP contribution in [0.4, 0.5) is 5.69 Å². The number of aromatic nitrogens is 2. The molecule has 3 aromatic rings. The smallest absolute Gasteiger partial charge is 0.248 e. The predicted octanol–water partition coefficient (Wildman–Crippen LogP) is 2.85. The molecule has 0 spiro atoms. The van der Waals surface area contributed by atoms with E-state index in [9.17, 15) is 5.11 Å². The molecular weight excluding hydrogens is 386 g/mol. The van der Waals surface area contributed by atoms with Crippen molar-refractivity contribution in [2.24, 2.45) is 7.05 Å². The highest BCUT2D eigenvalue weighted by Gasteiger charge is 2.18. The van der Waals surface area contributed by atoms with E-state index in [-0.39, 0.29) is 5.76 Å². The highest BCUT2D eigenvalue weighted by atomic mass is 32.1. The summed E-state index contributed by atoms with van der Waals surface area (Å²) in [4.78, 5) is 0.300. The van der Waals surface area contributed by atoms with Gasteiger partial charge in [-0.3, -0.25) is 0 Å². The molecule has 0 fully saturated rings. The van der Waals surface area contributed by atoms with E-state index in [1.54, 1.807) is 48.5 Å². The van der Waals surface area contributed by atoms with Crippen LogP contribution in [0, 0.1) is 0 Å². The topological polar surface area (TPSA) is 62.4 Å². The maximum atomic E-state index is 13.3. The molecule has 0 saturated heterocycles. The summed E-state index contributed by atoms with van der Waals surface area (Å²) in [5.41, 5.74) is 1.56. The Bertz CT molecular complexity index is 1030. The zero-order chi connectivity index (χ0) is 20.8. The zero-order valence-corrected chi connectivity index (χ0v) is 17.4. The second-order valence-electron chi connectivity index (χ2n) is 6.28. The second kappa shape index (κ2) is 9.25. The average molecular weight is 410 g/mol. The van der Waals surface area contributed by atoms with Crippen molar-refractivity contribution in [2.75, 3.05) is 19.0 Å². The van der Waals surface area contributed by atoms with E-state index < -0.39 is 0 Å². The number of hydrogen-bond acceptors (Lipinski definition) is 4. The summed E-state index contributed by atoms with van der Waals surface area (Å²) in [5, 5.41) is 16.5. The van der Waals surface area contributed by atoms with Crippen molar-refractivity contribution in [3.05, 3.63) is 72.8 Å². The van der Waals surface area contributed by atoms with Crippen LogP contribution >= 0.6 is 12.2 Å². The monoisotopic (exact) mass is 409 g/mol. The maximum absolute atomic E-state index is 13.3. The molecule has 29 heavy (non-hydrogen) atoms. The third kappa shape index (κ3) is 4.75. The van der Waals surface area contributed by atoms with Crippen LogP contribution in [0.2, 0.25) is 0 Å². The maximum Gasteiger partial charge on any atom is 0.248 e. The third-order valence-corrected chi connectivity index (χ3v) is 4.54. The molecule has 0 unspecified atom stereocenters. The summed E-state index contributed by atoms with van der Waals surface area (Å²) >= 11 is 5.64. The van der Waals surface area contributed by atoms with Crippen molar-refractivity contribution >= 4 is 34.3 Å². The van der Waals surface area contributed by atoms with E-state index >= 15 is 0 Å². The minimum Gasteiger partial charge on any atom is -0.869 e. The highest BCUT2D eigenvalue weighted by molar-refractivity contribution is 7.81. The fourth-order valence-corrected chi connectivity index (χ4v) is 3.14. The number of nitrogens with zero attached hydrogens (tertiary/aromatic N) is 2. The minimum atomic E-state index is -0.199. The van der Waals surface area contributed by atoms with E-state index in [1.807, 2.05) is 49.0 Å². The number of imidazole rings is 1. The summed E-state index contributed by atoms with van der Waals surface area (Å²) in [5.74, 6) is 1.16. The molecule has 1 aromatic heterocycles. The number of thiocarbonyl (C=S) groups is 1. The number of rotatable bonds is 7. The largest absolute Gasteiger partial charge is 0.869 e. The van der Waals surface area contributed by atoms with E-state index in [0.717, 1.165) is 0 Å². The lowest BCUT2D eigenvalue weighted by Crippen LogP contribution is -2.26. The predicted molar refractivity (Wildman–Crippen MR) is 116 cm³/mol. The van der Waals surface area contributed by atoms with Crippen LogP contribution in [-0.4, -0.2) is 23.3 Å². The lowest BCUT2D eigenvalue weighted by atomic mass is 10.1. The van der Waals surface area contributed by atoms with Gasteiger partial charge in [0, 0.05) is 0 Å². The van der Waals surface area contributed by atoms with Crippen molar-refractivity contribution < 1.29 is 19.1 Å². The molecule has 150 valence electrons. The number of nitrogens with one attached hydrogen (secondary N) is 1. The van der Waals surface area contributed by atoms with Gasteiger partial charge in [-0.1, -0.05) is 36.5 Å². The molecule has 3 rings (SSSR count). The number of anilines is 1. The summed E-state index contributed by atoms with van der Waals surface area (Å²) in [6.07, 6.45) is 5.43. The van der Waals surface area contributed by atoms with Crippen molar-refractivity contribution in [2.45, 2.75) is 6.92 Å². The third-order valence-electron chi connectivity index (χ3n) is 4.24. The first kappa shape index (κ1) is 20.4. The molecule has 1 heterocycles. The first-order valence-corrected chi connectivity index (χ1v) is 9.56. The van der Waals surface area contributed by atoms with Crippen molar-refractivity contribution in [3.8, 4) is 11.5 Å². The van der Waals surface area contributed by atoms with E-state index in [2.05, 4.69) is 5.32 Å². The summed E-state index contributed by atoms with van der Waals surface area (Å²) in [7, 11) is 3.47. The lowest BCUT2D eigenvalue weighted by molar-refractivity contribution is -0.670. The number of ether oxygens (including phenoxy) is 2. The molecule has 0 saturated carbocycles. The van der Waals surface area contributed by atoms with E-state index in [0.29, 0.717) is 40.0 Å². The Labute approximate surface area is 175 Å². The lowest BCUT2D eigenvalue weighted by Gasteiger charge is -2.19. The number of hydrogen-bond donors (Lipinski definition) is 1. The molecular formula is C22H23N3O3S. The SMILES string of the molecule is CCOc1ccccc1NC(=S)/C(=C(\[O-])c1ccc(OC)cc1)n1cc[n+](C)c1. The van der Waals surface area contributed by atoms with Crippen LogP contribution in [0.5, 0.6) is 11.5 Å². The highest BCUT2D eigenvalue weighted by Crippen LogP contribution is 2.27. The van der Waals surface area contributed by atoms with Crippen LogP contribution in [0.15, 0.2) is 67.3 Å². The van der Waals surface area contributed by atoms with E-state index in [4.69, 9.17) is 21.7 Å². The Morgan fingerprint density at radius 2 is 1.90 bits per heavy atom. The minimum absolute atomic E-state index is 0.199. The summed E-state index contributed by atoms with van der Waals surface area (Å²) in [6, 6.07) is 14.4. The molecule has 0 aliphatic carbocycles. The molecule has 0 atom stereocenters. The number of benzene rings is 2. The van der Waals surface area contributed by atoms with Gasteiger partial charge in [-0.15, -0.1) is 0 Å². The number of para-hydroxylation sites is 2. The number of aryl methyl sites for hydroxylation is 1. The molecule has 0 bridgehead atoms. The van der Waals surface area contributed by atoms with Crippen molar-refractivity contribution in [1.82, 2.24) is 4.57 Å². The van der Waals surface area contributed by atoms with Crippen LogP contribution in [0.1, 0.15) is 12.5 Å². The Morgan fingerprint density at radius 1 is 1.17 bits per heavy atom. The summed E-state index contributed by atoms with van der Waals surface area (Å²) in [6.45, 7) is 2.44. The van der Waals surface area contributed by atoms with Gasteiger partial charge in [-0.2, -0.15) is 4.57 Å². The Morgan fingerprint density at radius 3 is 2.52 bits per heavy atom. The Kier molecular flexibility index (Phi) is 6.51. The van der Waals surface area contributed by atoms with Gasteiger partial charge >= 0.3 is 0 Å². The molecule has 0 aliphatic rings.